The lowest BCUT2D eigenvalue weighted by molar-refractivity contribution is -0.142. The standard InChI is InChI=1S/C20H29N3O3/c1-16(17-5-3-2-4-6-17)13-18(24)22-10-7-20(26,8-11-22)15-23-12-9-21-14-19(23)25/h2-6,16,21,26H,7-15H2,1H3. The highest BCUT2D eigenvalue weighted by molar-refractivity contribution is 5.79. The lowest BCUT2D eigenvalue weighted by atomic mass is 9.89. The highest BCUT2D eigenvalue weighted by Crippen LogP contribution is 2.26. The van der Waals surface area contributed by atoms with Gasteiger partial charge in [0.15, 0.2) is 0 Å². The van der Waals surface area contributed by atoms with Gasteiger partial charge in [-0.2, -0.15) is 0 Å². The van der Waals surface area contributed by atoms with Gasteiger partial charge in [0, 0.05) is 39.1 Å². The van der Waals surface area contributed by atoms with Crippen molar-refractivity contribution in [3.8, 4) is 0 Å². The van der Waals surface area contributed by atoms with Crippen LogP contribution in [0.15, 0.2) is 30.3 Å². The molecule has 1 aromatic rings. The molecule has 2 N–H and O–H groups in total. The fourth-order valence-corrected chi connectivity index (χ4v) is 3.79. The van der Waals surface area contributed by atoms with Gasteiger partial charge in [0.1, 0.15) is 0 Å². The minimum Gasteiger partial charge on any atom is -0.388 e. The molecular formula is C20H29N3O3. The zero-order chi connectivity index (χ0) is 18.6. The SMILES string of the molecule is CC(CC(=O)N1CCC(O)(CN2CCNCC2=O)CC1)c1ccccc1. The van der Waals surface area contributed by atoms with Crippen LogP contribution < -0.4 is 5.32 Å². The molecule has 2 heterocycles. The lowest BCUT2D eigenvalue weighted by Crippen LogP contribution is -2.57. The van der Waals surface area contributed by atoms with E-state index >= 15 is 0 Å². The molecule has 142 valence electrons. The molecule has 1 aromatic carbocycles. The summed E-state index contributed by atoms with van der Waals surface area (Å²) in [6.45, 7) is 5.30. The second kappa shape index (κ2) is 8.18. The predicted molar refractivity (Wildman–Crippen MR) is 99.7 cm³/mol. The normalized spacial score (nSPS) is 21.5. The highest BCUT2D eigenvalue weighted by Gasteiger charge is 2.37. The van der Waals surface area contributed by atoms with E-state index < -0.39 is 5.60 Å². The first-order chi connectivity index (χ1) is 12.5. The molecule has 3 rings (SSSR count). The van der Waals surface area contributed by atoms with Gasteiger partial charge in [-0.15, -0.1) is 0 Å². The highest BCUT2D eigenvalue weighted by atomic mass is 16.3. The second-order valence-electron chi connectivity index (χ2n) is 7.61. The van der Waals surface area contributed by atoms with E-state index in [-0.39, 0.29) is 17.7 Å². The van der Waals surface area contributed by atoms with Crippen molar-refractivity contribution in [1.82, 2.24) is 15.1 Å². The second-order valence-corrected chi connectivity index (χ2v) is 7.61. The summed E-state index contributed by atoms with van der Waals surface area (Å²) in [4.78, 5) is 28.1. The zero-order valence-corrected chi connectivity index (χ0v) is 15.5. The average molecular weight is 359 g/mol. The molecule has 0 aromatic heterocycles. The fourth-order valence-electron chi connectivity index (χ4n) is 3.79. The zero-order valence-electron chi connectivity index (χ0n) is 15.5. The van der Waals surface area contributed by atoms with E-state index in [2.05, 4.69) is 24.4 Å². The summed E-state index contributed by atoms with van der Waals surface area (Å²) in [6.07, 6.45) is 1.53. The Morgan fingerprint density at radius 1 is 1.23 bits per heavy atom. The Morgan fingerprint density at radius 3 is 2.58 bits per heavy atom. The van der Waals surface area contributed by atoms with Crippen molar-refractivity contribution < 1.29 is 14.7 Å². The summed E-state index contributed by atoms with van der Waals surface area (Å²) >= 11 is 0. The molecule has 26 heavy (non-hydrogen) atoms. The van der Waals surface area contributed by atoms with Crippen LogP contribution in [0, 0.1) is 0 Å². The first-order valence-electron chi connectivity index (χ1n) is 9.50. The van der Waals surface area contributed by atoms with Gasteiger partial charge < -0.3 is 20.2 Å². The maximum absolute atomic E-state index is 12.6. The van der Waals surface area contributed by atoms with Crippen molar-refractivity contribution in [3.63, 3.8) is 0 Å². The number of aliphatic hydroxyl groups is 1. The number of nitrogens with zero attached hydrogens (tertiary/aromatic N) is 2. The van der Waals surface area contributed by atoms with E-state index in [1.54, 1.807) is 4.90 Å². The third-order valence-electron chi connectivity index (χ3n) is 5.57. The van der Waals surface area contributed by atoms with Crippen LogP contribution in [-0.4, -0.2) is 71.6 Å². The molecule has 0 radical (unpaired) electrons. The Kier molecular flexibility index (Phi) is 5.94. The number of hydrogen-bond acceptors (Lipinski definition) is 4. The first kappa shape index (κ1) is 18.9. The summed E-state index contributed by atoms with van der Waals surface area (Å²) in [6, 6.07) is 10.1. The van der Waals surface area contributed by atoms with Crippen molar-refractivity contribution in [2.45, 2.75) is 37.7 Å². The number of piperidine rings is 1. The molecule has 2 aliphatic heterocycles. The van der Waals surface area contributed by atoms with Gasteiger partial charge >= 0.3 is 0 Å². The Balaban J connectivity index is 1.49. The topological polar surface area (TPSA) is 72.9 Å². The van der Waals surface area contributed by atoms with E-state index in [1.165, 1.54) is 5.56 Å². The Morgan fingerprint density at radius 2 is 1.92 bits per heavy atom. The number of hydrogen-bond donors (Lipinski definition) is 2. The van der Waals surface area contributed by atoms with E-state index in [9.17, 15) is 14.7 Å². The van der Waals surface area contributed by atoms with Gasteiger partial charge in [0.05, 0.1) is 12.1 Å². The monoisotopic (exact) mass is 359 g/mol. The quantitative estimate of drug-likeness (QED) is 0.822. The van der Waals surface area contributed by atoms with Crippen LogP contribution in [0.3, 0.4) is 0 Å². The molecule has 0 bridgehead atoms. The van der Waals surface area contributed by atoms with Crippen molar-refractivity contribution in [3.05, 3.63) is 35.9 Å². The number of carbonyl (C=O) groups excluding carboxylic acids is 2. The number of amides is 2. The van der Waals surface area contributed by atoms with Crippen molar-refractivity contribution in [2.24, 2.45) is 0 Å². The van der Waals surface area contributed by atoms with E-state index in [0.29, 0.717) is 52.0 Å². The summed E-state index contributed by atoms with van der Waals surface area (Å²) in [5.41, 5.74) is 0.293. The average Bonchev–Trinajstić information content (AvgIpc) is 2.65. The number of likely N-dealkylation sites (tertiary alicyclic amines) is 1. The molecule has 2 aliphatic rings. The van der Waals surface area contributed by atoms with Gasteiger partial charge in [-0.3, -0.25) is 9.59 Å². The summed E-state index contributed by atoms with van der Waals surface area (Å²) in [5, 5.41) is 13.9. The molecule has 6 nitrogen and oxygen atoms in total. The van der Waals surface area contributed by atoms with Gasteiger partial charge in [-0.1, -0.05) is 37.3 Å². The van der Waals surface area contributed by atoms with Crippen molar-refractivity contribution in [1.29, 1.82) is 0 Å². The summed E-state index contributed by atoms with van der Waals surface area (Å²) in [5.74, 6) is 0.365. The third kappa shape index (κ3) is 4.62. The van der Waals surface area contributed by atoms with Crippen LogP contribution in [0.2, 0.25) is 0 Å². The summed E-state index contributed by atoms with van der Waals surface area (Å²) in [7, 11) is 0. The van der Waals surface area contributed by atoms with Crippen LogP contribution in [0.4, 0.5) is 0 Å². The molecule has 0 aliphatic carbocycles. The number of β-amino-alcohol motifs (C(OH)–C–C–N with tert-alkyl or cyclic N) is 1. The van der Waals surface area contributed by atoms with Gasteiger partial charge in [0.2, 0.25) is 11.8 Å². The molecule has 1 unspecified atom stereocenters. The minimum atomic E-state index is -0.880. The predicted octanol–water partition coefficient (Wildman–Crippen LogP) is 0.966. The number of piperazine rings is 1. The molecule has 2 saturated heterocycles. The number of benzene rings is 1. The maximum Gasteiger partial charge on any atom is 0.236 e. The molecule has 0 spiro atoms. The number of carbonyl (C=O) groups is 2. The van der Waals surface area contributed by atoms with Gasteiger partial charge in [-0.25, -0.2) is 0 Å². The number of rotatable bonds is 5. The van der Waals surface area contributed by atoms with Crippen molar-refractivity contribution >= 4 is 11.8 Å². The van der Waals surface area contributed by atoms with E-state index in [0.717, 1.165) is 6.54 Å². The van der Waals surface area contributed by atoms with Crippen LogP contribution in [0.25, 0.3) is 0 Å². The van der Waals surface area contributed by atoms with E-state index in [4.69, 9.17) is 0 Å². The van der Waals surface area contributed by atoms with Gasteiger partial charge in [-0.05, 0) is 24.3 Å². The number of nitrogens with one attached hydrogen (secondary N) is 1. The van der Waals surface area contributed by atoms with Crippen LogP contribution in [0.1, 0.15) is 37.7 Å². The minimum absolute atomic E-state index is 0.0415. The molecule has 2 fully saturated rings. The first-order valence-corrected chi connectivity index (χ1v) is 9.50. The Bertz CT molecular complexity index is 626. The van der Waals surface area contributed by atoms with Crippen LogP contribution in [-0.2, 0) is 9.59 Å². The van der Waals surface area contributed by atoms with Gasteiger partial charge in [0.25, 0.3) is 0 Å². The molecule has 1 atom stereocenters. The molecular weight excluding hydrogens is 330 g/mol. The van der Waals surface area contributed by atoms with Crippen LogP contribution >= 0.6 is 0 Å². The molecule has 2 amide bonds. The third-order valence-corrected chi connectivity index (χ3v) is 5.57. The smallest absolute Gasteiger partial charge is 0.236 e. The van der Waals surface area contributed by atoms with E-state index in [1.807, 2.05) is 23.1 Å². The van der Waals surface area contributed by atoms with Crippen LogP contribution in [0.5, 0.6) is 0 Å². The Hall–Kier alpha value is -1.92. The van der Waals surface area contributed by atoms with Crippen molar-refractivity contribution in [2.75, 3.05) is 39.3 Å². The molecule has 6 heteroatoms. The molecule has 0 saturated carbocycles. The summed E-state index contributed by atoms with van der Waals surface area (Å²) < 4.78 is 0. The fraction of sp³-hybridized carbons (Fsp3) is 0.600. The Labute approximate surface area is 155 Å². The maximum atomic E-state index is 12.6. The largest absolute Gasteiger partial charge is 0.388 e. The lowest BCUT2D eigenvalue weighted by Gasteiger charge is -2.42.